The van der Waals surface area contributed by atoms with Gasteiger partial charge in [0.1, 0.15) is 29.6 Å². The molecule has 0 unspecified atom stereocenters. The first-order valence-corrected chi connectivity index (χ1v) is 13.4. The van der Waals surface area contributed by atoms with Gasteiger partial charge in [-0.15, -0.1) is 0 Å². The minimum atomic E-state index is -4.01. The highest BCUT2D eigenvalue weighted by Gasteiger charge is 2.55. The number of nitrogens with zero attached hydrogens (tertiary/aromatic N) is 3. The molecule has 0 saturated heterocycles. The standard InChI is InChI=1S/C30H25F8N5O/c1-39-20-6-4-17(5-7-20)21-3-2-10-40-25(21)22(13-16-11-18(31)14-19(32)12-16)41-23(44)15-43-27-24(26(42-43)28(33)34)29(35,36)8-9-30(27,37)38/h2-7,10-12,14,22,28,39H,8-9,13,15H2,1H3,(H,41,44)/t22-/m0/s1. The van der Waals surface area contributed by atoms with Crippen LogP contribution in [0.25, 0.3) is 11.1 Å². The van der Waals surface area contributed by atoms with E-state index in [0.717, 1.165) is 17.8 Å². The maximum Gasteiger partial charge on any atom is 0.290 e. The number of carbonyl (C=O) groups excluding carboxylic acids is 1. The predicted molar refractivity (Wildman–Crippen MR) is 144 cm³/mol. The number of fused-ring (bicyclic) bond motifs is 1. The Labute approximate surface area is 246 Å². The Morgan fingerprint density at radius 1 is 0.955 bits per heavy atom. The third-order valence-electron chi connectivity index (χ3n) is 7.30. The summed E-state index contributed by atoms with van der Waals surface area (Å²) in [4.78, 5) is 17.7. The molecule has 5 rings (SSSR count). The lowest BCUT2D eigenvalue weighted by Crippen LogP contribution is -2.37. The van der Waals surface area contributed by atoms with Gasteiger partial charge < -0.3 is 10.6 Å². The van der Waals surface area contributed by atoms with Crippen LogP contribution in [0.5, 0.6) is 0 Å². The van der Waals surface area contributed by atoms with E-state index >= 15 is 0 Å². The summed E-state index contributed by atoms with van der Waals surface area (Å²) >= 11 is 0. The first kappa shape index (κ1) is 31.0. The highest BCUT2D eigenvalue weighted by Crippen LogP contribution is 2.52. The monoisotopic (exact) mass is 623 g/mol. The fourth-order valence-corrected chi connectivity index (χ4v) is 5.35. The van der Waals surface area contributed by atoms with Crippen molar-refractivity contribution in [2.24, 2.45) is 0 Å². The normalized spacial score (nSPS) is 16.0. The smallest absolute Gasteiger partial charge is 0.290 e. The van der Waals surface area contributed by atoms with Crippen molar-refractivity contribution < 1.29 is 39.9 Å². The highest BCUT2D eigenvalue weighted by molar-refractivity contribution is 5.77. The molecule has 0 fully saturated rings. The largest absolute Gasteiger partial charge is 0.388 e. The Balaban J connectivity index is 1.53. The van der Waals surface area contributed by atoms with Crippen molar-refractivity contribution >= 4 is 11.6 Å². The van der Waals surface area contributed by atoms with Crippen LogP contribution in [-0.2, 0) is 29.6 Å². The number of rotatable bonds is 9. The van der Waals surface area contributed by atoms with E-state index in [1.165, 1.54) is 6.20 Å². The summed E-state index contributed by atoms with van der Waals surface area (Å²) in [5.74, 6) is -10.8. The van der Waals surface area contributed by atoms with Gasteiger partial charge >= 0.3 is 0 Å². The minimum Gasteiger partial charge on any atom is -0.388 e. The Kier molecular flexibility index (Phi) is 8.36. The van der Waals surface area contributed by atoms with Crippen molar-refractivity contribution in [3.05, 3.63) is 101 Å². The molecule has 4 aromatic rings. The molecule has 2 N–H and O–H groups in total. The van der Waals surface area contributed by atoms with Gasteiger partial charge in [0.15, 0.2) is 0 Å². The van der Waals surface area contributed by atoms with E-state index in [4.69, 9.17) is 0 Å². The van der Waals surface area contributed by atoms with Crippen LogP contribution < -0.4 is 10.6 Å². The molecule has 2 heterocycles. The molecule has 1 atom stereocenters. The quantitative estimate of drug-likeness (QED) is 0.192. The number of carbonyl (C=O) groups is 1. The summed E-state index contributed by atoms with van der Waals surface area (Å²) in [6.45, 7) is -1.12. The number of hydrogen-bond acceptors (Lipinski definition) is 4. The lowest BCUT2D eigenvalue weighted by molar-refractivity contribution is -0.123. The number of alkyl halides is 6. The number of hydrogen-bond donors (Lipinski definition) is 2. The molecule has 6 nitrogen and oxygen atoms in total. The number of pyridine rings is 1. The molecule has 44 heavy (non-hydrogen) atoms. The van der Waals surface area contributed by atoms with E-state index in [9.17, 15) is 39.9 Å². The number of halogens is 8. The van der Waals surface area contributed by atoms with Gasteiger partial charge in [0.25, 0.3) is 18.3 Å². The Hall–Kier alpha value is -4.49. The zero-order valence-corrected chi connectivity index (χ0v) is 23.0. The average molecular weight is 624 g/mol. The molecule has 2 aromatic heterocycles. The van der Waals surface area contributed by atoms with Crippen molar-refractivity contribution in [2.75, 3.05) is 12.4 Å². The summed E-state index contributed by atoms with van der Waals surface area (Å²) in [6, 6.07) is 12.0. The van der Waals surface area contributed by atoms with Crippen LogP contribution in [0.4, 0.5) is 40.8 Å². The number of nitrogens with one attached hydrogen (secondary N) is 2. The van der Waals surface area contributed by atoms with Gasteiger partial charge in [-0.25, -0.2) is 26.3 Å². The molecule has 0 spiro atoms. The molecule has 14 heteroatoms. The number of anilines is 1. The Morgan fingerprint density at radius 2 is 1.61 bits per heavy atom. The van der Waals surface area contributed by atoms with E-state index in [0.29, 0.717) is 17.2 Å². The van der Waals surface area contributed by atoms with Gasteiger partial charge in [0.05, 0.1) is 17.3 Å². The highest BCUT2D eigenvalue weighted by atomic mass is 19.3. The van der Waals surface area contributed by atoms with Crippen LogP contribution in [0, 0.1) is 11.6 Å². The molecule has 232 valence electrons. The Morgan fingerprint density at radius 3 is 2.25 bits per heavy atom. The number of aromatic nitrogens is 3. The van der Waals surface area contributed by atoms with Crippen LogP contribution in [0.1, 0.15) is 53.5 Å². The van der Waals surface area contributed by atoms with Crippen LogP contribution >= 0.6 is 0 Å². The SMILES string of the molecule is CNc1ccc(-c2cccnc2[C@H](Cc2cc(F)cc(F)c2)NC(=O)Cn2nc(C(F)F)c3c2C(F)(F)CCC3(F)F)cc1. The molecular weight excluding hydrogens is 598 g/mol. The van der Waals surface area contributed by atoms with Crippen molar-refractivity contribution in [1.82, 2.24) is 20.1 Å². The van der Waals surface area contributed by atoms with E-state index in [2.05, 4.69) is 20.7 Å². The summed E-state index contributed by atoms with van der Waals surface area (Å²) in [7, 11) is 1.73. The van der Waals surface area contributed by atoms with Gasteiger partial charge in [0, 0.05) is 43.4 Å². The van der Waals surface area contributed by atoms with Crippen molar-refractivity contribution in [2.45, 2.75) is 50.1 Å². The number of benzene rings is 2. The van der Waals surface area contributed by atoms with Gasteiger partial charge in [-0.3, -0.25) is 14.5 Å². The predicted octanol–water partition coefficient (Wildman–Crippen LogP) is 7.28. The van der Waals surface area contributed by atoms with E-state index in [1.807, 2.05) is 0 Å². The molecule has 0 bridgehead atoms. The lowest BCUT2D eigenvalue weighted by Gasteiger charge is -2.29. The zero-order valence-electron chi connectivity index (χ0n) is 23.0. The van der Waals surface area contributed by atoms with E-state index in [1.54, 1.807) is 43.4 Å². The molecule has 0 radical (unpaired) electrons. The third-order valence-corrected chi connectivity index (χ3v) is 7.30. The van der Waals surface area contributed by atoms with E-state index in [-0.39, 0.29) is 22.4 Å². The molecular formula is C30H25F8N5O. The third kappa shape index (κ3) is 6.24. The van der Waals surface area contributed by atoms with Crippen molar-refractivity contribution in [1.29, 1.82) is 0 Å². The van der Waals surface area contributed by atoms with Crippen LogP contribution in [0.2, 0.25) is 0 Å². The average Bonchev–Trinajstić information content (AvgIpc) is 3.37. The molecule has 0 saturated carbocycles. The summed E-state index contributed by atoms with van der Waals surface area (Å²) in [5.41, 5.74) is -2.26. The fourth-order valence-electron chi connectivity index (χ4n) is 5.35. The van der Waals surface area contributed by atoms with Gasteiger partial charge in [-0.2, -0.15) is 13.9 Å². The Bertz CT molecular complexity index is 1650. The second-order valence-electron chi connectivity index (χ2n) is 10.3. The maximum atomic E-state index is 14.9. The summed E-state index contributed by atoms with van der Waals surface area (Å²) < 4.78 is 115. The van der Waals surface area contributed by atoms with Crippen LogP contribution in [0.15, 0.2) is 60.8 Å². The minimum absolute atomic E-state index is 0.109. The fraction of sp³-hybridized carbons (Fsp3) is 0.300. The summed E-state index contributed by atoms with van der Waals surface area (Å²) in [5, 5.41) is 8.85. The van der Waals surface area contributed by atoms with E-state index < -0.39 is 78.2 Å². The van der Waals surface area contributed by atoms with Crippen molar-refractivity contribution in [3.8, 4) is 11.1 Å². The molecule has 1 aliphatic carbocycles. The van der Waals surface area contributed by atoms with Crippen molar-refractivity contribution in [3.63, 3.8) is 0 Å². The lowest BCUT2D eigenvalue weighted by atomic mass is 9.89. The first-order chi connectivity index (χ1) is 20.8. The molecule has 1 amide bonds. The molecule has 0 aliphatic heterocycles. The molecule has 1 aliphatic rings. The second kappa shape index (κ2) is 11.9. The van der Waals surface area contributed by atoms with Crippen LogP contribution in [-0.4, -0.2) is 27.7 Å². The number of amides is 1. The van der Waals surface area contributed by atoms with Gasteiger partial charge in [0.2, 0.25) is 5.91 Å². The summed E-state index contributed by atoms with van der Waals surface area (Å²) in [6.07, 6.45) is -5.12. The van der Waals surface area contributed by atoms with Gasteiger partial charge in [-0.05, 0) is 47.9 Å². The van der Waals surface area contributed by atoms with Crippen LogP contribution in [0.3, 0.4) is 0 Å². The first-order valence-electron chi connectivity index (χ1n) is 13.4. The second-order valence-corrected chi connectivity index (χ2v) is 10.3. The molecule has 2 aromatic carbocycles. The topological polar surface area (TPSA) is 71.8 Å². The van der Waals surface area contributed by atoms with Gasteiger partial charge in [-0.1, -0.05) is 18.2 Å². The maximum absolute atomic E-state index is 14.9. The zero-order chi connectivity index (χ0) is 31.8.